The second-order valence-electron chi connectivity index (χ2n) is 11.1. The third kappa shape index (κ3) is 8.00. The first-order valence-electron chi connectivity index (χ1n) is 13.3. The van der Waals surface area contributed by atoms with Crippen molar-refractivity contribution >= 4 is 51.0 Å². The number of imidazole rings is 1. The largest absolute Gasteiger partial charge is 0.356 e. The Balaban J connectivity index is 1.58. The van der Waals surface area contributed by atoms with Gasteiger partial charge in [0.15, 0.2) is 0 Å². The lowest BCUT2D eigenvalue weighted by molar-refractivity contribution is -0.141. The smallest absolute Gasteiger partial charge is 0.290 e. The van der Waals surface area contributed by atoms with Crippen LogP contribution < -0.4 is 21.3 Å². The summed E-state index contributed by atoms with van der Waals surface area (Å²) in [6, 6.07) is 10.3. The van der Waals surface area contributed by atoms with Crippen molar-refractivity contribution in [1.29, 1.82) is 0 Å². The number of amides is 4. The van der Waals surface area contributed by atoms with Crippen LogP contribution in [0.2, 0.25) is 0 Å². The van der Waals surface area contributed by atoms with Gasteiger partial charge in [0.2, 0.25) is 17.6 Å². The highest BCUT2D eigenvalue weighted by atomic mass is 79.9. The highest BCUT2D eigenvalue weighted by molar-refractivity contribution is 9.10. The van der Waals surface area contributed by atoms with Crippen molar-refractivity contribution in [2.45, 2.75) is 57.7 Å². The summed E-state index contributed by atoms with van der Waals surface area (Å²) in [5, 5.41) is 10.7. The third-order valence-corrected chi connectivity index (χ3v) is 7.05. The average molecular weight is 626 g/mol. The number of rotatable bonds is 10. The summed E-state index contributed by atoms with van der Waals surface area (Å²) in [7, 11) is 0. The van der Waals surface area contributed by atoms with E-state index in [1.165, 1.54) is 0 Å². The molecule has 0 saturated carbocycles. The van der Waals surface area contributed by atoms with Gasteiger partial charge in [-0.15, -0.1) is 0 Å². The van der Waals surface area contributed by atoms with E-state index in [2.05, 4.69) is 42.2 Å². The highest BCUT2D eigenvalue weighted by Crippen LogP contribution is 2.18. The summed E-state index contributed by atoms with van der Waals surface area (Å²) in [5.41, 5.74) is 0.747. The minimum Gasteiger partial charge on any atom is -0.356 e. The number of fused-ring (bicyclic) bond motifs is 1. The number of aromatic nitrogens is 2. The van der Waals surface area contributed by atoms with E-state index in [4.69, 9.17) is 0 Å². The van der Waals surface area contributed by atoms with Crippen LogP contribution in [-0.2, 0) is 25.6 Å². The zero-order valence-electron chi connectivity index (χ0n) is 23.1. The van der Waals surface area contributed by atoms with E-state index in [1.807, 2.05) is 30.3 Å². The molecule has 11 nitrogen and oxygen atoms in total. The quantitative estimate of drug-likeness (QED) is 0.253. The number of hydrogen-bond donors (Lipinski definition) is 4. The van der Waals surface area contributed by atoms with E-state index >= 15 is 0 Å². The Morgan fingerprint density at radius 1 is 1.05 bits per heavy atom. The third-order valence-electron chi connectivity index (χ3n) is 6.58. The number of hydrogen-bond acceptors (Lipinski definition) is 6. The van der Waals surface area contributed by atoms with Gasteiger partial charge in [0.1, 0.15) is 17.4 Å². The number of Topliss-reactive ketones (excluding diaryl/α,β-unsaturated/α-hetero) is 1. The predicted molar refractivity (Wildman–Crippen MR) is 155 cm³/mol. The van der Waals surface area contributed by atoms with Crippen molar-refractivity contribution in [2.75, 3.05) is 6.54 Å². The molecular formula is C29H33BrN6O5. The molecule has 0 spiro atoms. The number of pyridine rings is 1. The van der Waals surface area contributed by atoms with Gasteiger partial charge in [-0.2, -0.15) is 0 Å². The van der Waals surface area contributed by atoms with Crippen LogP contribution in [0.3, 0.4) is 0 Å². The lowest BCUT2D eigenvalue weighted by Crippen LogP contribution is -2.56. The number of nitrogens with zero attached hydrogens (tertiary/aromatic N) is 2. The normalized spacial score (nSPS) is 16.5. The standard InChI is InChI=1S/C29H33BrN6O5/c1-29(2,3)35-28(41)24(37)20(14-18-11-12-31-25(18)38)33-26(39)21(13-17-7-5-4-6-8-17)34-27(40)22-16-36-15-19(30)9-10-23(36)32-22/h4-10,15-16,18,20-21H,11-14H2,1-3H3,(H,31,38)(H,33,39)(H,34,40)(H,35,41)/t18-,20-,21-/m0/s1. The van der Waals surface area contributed by atoms with Gasteiger partial charge in [-0.05, 0) is 67.2 Å². The van der Waals surface area contributed by atoms with Crippen LogP contribution in [0.5, 0.6) is 0 Å². The van der Waals surface area contributed by atoms with Gasteiger partial charge in [-0.1, -0.05) is 30.3 Å². The molecule has 1 fully saturated rings. The van der Waals surface area contributed by atoms with E-state index in [-0.39, 0.29) is 24.4 Å². The van der Waals surface area contributed by atoms with Crippen molar-refractivity contribution in [1.82, 2.24) is 30.7 Å². The molecule has 3 atom stereocenters. The molecule has 1 saturated heterocycles. The number of benzene rings is 1. The van der Waals surface area contributed by atoms with Gasteiger partial charge in [0.05, 0.1) is 6.04 Å². The molecule has 0 aliphatic carbocycles. The Morgan fingerprint density at radius 2 is 1.78 bits per heavy atom. The van der Waals surface area contributed by atoms with Crippen LogP contribution in [0.25, 0.3) is 5.65 Å². The zero-order valence-corrected chi connectivity index (χ0v) is 24.7. The van der Waals surface area contributed by atoms with Gasteiger partial charge < -0.3 is 25.7 Å². The van der Waals surface area contributed by atoms with Crippen LogP contribution in [0, 0.1) is 5.92 Å². The molecule has 4 amide bonds. The molecular weight excluding hydrogens is 592 g/mol. The summed E-state index contributed by atoms with van der Waals surface area (Å²) in [6.45, 7) is 5.66. The summed E-state index contributed by atoms with van der Waals surface area (Å²) in [6.07, 6.45) is 3.87. The van der Waals surface area contributed by atoms with Gasteiger partial charge in [-0.3, -0.25) is 24.0 Å². The molecule has 4 N–H and O–H groups in total. The predicted octanol–water partition coefficient (Wildman–Crippen LogP) is 1.93. The summed E-state index contributed by atoms with van der Waals surface area (Å²) >= 11 is 3.39. The first-order chi connectivity index (χ1) is 19.4. The second kappa shape index (κ2) is 12.6. The molecule has 2 aromatic heterocycles. The maximum absolute atomic E-state index is 13.7. The van der Waals surface area contributed by atoms with Crippen molar-refractivity contribution in [3.8, 4) is 0 Å². The Labute approximate surface area is 246 Å². The second-order valence-corrected chi connectivity index (χ2v) is 12.0. The van der Waals surface area contributed by atoms with E-state index < -0.39 is 47.0 Å². The lowest BCUT2D eigenvalue weighted by Gasteiger charge is -2.25. The highest BCUT2D eigenvalue weighted by Gasteiger charge is 2.36. The van der Waals surface area contributed by atoms with Gasteiger partial charge >= 0.3 is 0 Å². The molecule has 0 bridgehead atoms. The Kier molecular flexibility index (Phi) is 9.21. The van der Waals surface area contributed by atoms with Crippen molar-refractivity contribution < 1.29 is 24.0 Å². The van der Waals surface area contributed by atoms with Crippen LogP contribution in [-0.4, -0.2) is 63.0 Å². The van der Waals surface area contributed by atoms with Crippen molar-refractivity contribution in [2.24, 2.45) is 5.92 Å². The minimum absolute atomic E-state index is 0.0404. The topological polar surface area (TPSA) is 151 Å². The molecule has 12 heteroatoms. The fourth-order valence-electron chi connectivity index (χ4n) is 4.58. The maximum atomic E-state index is 13.7. The number of ketones is 1. The fourth-order valence-corrected chi connectivity index (χ4v) is 4.94. The zero-order chi connectivity index (χ0) is 29.7. The van der Waals surface area contributed by atoms with Crippen LogP contribution >= 0.6 is 15.9 Å². The van der Waals surface area contributed by atoms with Crippen LogP contribution in [0.15, 0.2) is 59.3 Å². The number of halogens is 1. The molecule has 1 aromatic carbocycles. The molecule has 41 heavy (non-hydrogen) atoms. The Bertz CT molecular complexity index is 1470. The number of carbonyl (C=O) groups excluding carboxylic acids is 5. The maximum Gasteiger partial charge on any atom is 0.290 e. The first-order valence-corrected chi connectivity index (χ1v) is 14.1. The first kappa shape index (κ1) is 29.9. The minimum atomic E-state index is -1.26. The van der Waals surface area contributed by atoms with E-state index in [0.717, 1.165) is 10.0 Å². The molecule has 3 heterocycles. The van der Waals surface area contributed by atoms with E-state index in [9.17, 15) is 24.0 Å². The Hall–Kier alpha value is -4.06. The Morgan fingerprint density at radius 3 is 2.44 bits per heavy atom. The molecule has 216 valence electrons. The fraction of sp³-hybridized carbons (Fsp3) is 0.379. The average Bonchev–Trinajstić information content (AvgIpc) is 3.52. The van der Waals surface area contributed by atoms with Gasteiger partial charge in [0, 0.05) is 41.3 Å². The lowest BCUT2D eigenvalue weighted by atomic mass is 9.94. The van der Waals surface area contributed by atoms with Gasteiger partial charge in [-0.25, -0.2) is 4.98 Å². The monoisotopic (exact) mass is 624 g/mol. The summed E-state index contributed by atoms with van der Waals surface area (Å²) < 4.78 is 2.48. The van der Waals surface area contributed by atoms with Crippen molar-refractivity contribution in [3.05, 3.63) is 70.6 Å². The van der Waals surface area contributed by atoms with Crippen molar-refractivity contribution in [3.63, 3.8) is 0 Å². The number of carbonyl (C=O) groups is 5. The molecule has 1 aliphatic rings. The van der Waals surface area contributed by atoms with Crippen LogP contribution in [0.4, 0.5) is 0 Å². The molecule has 0 unspecified atom stereocenters. The molecule has 1 aliphatic heterocycles. The van der Waals surface area contributed by atoms with Gasteiger partial charge in [0.25, 0.3) is 11.8 Å². The summed E-state index contributed by atoms with van der Waals surface area (Å²) in [5.74, 6) is -3.73. The van der Waals surface area contributed by atoms with E-state index in [0.29, 0.717) is 18.6 Å². The molecule has 3 aromatic rings. The SMILES string of the molecule is CC(C)(C)NC(=O)C(=O)[C@H](C[C@@H]1CCNC1=O)NC(=O)[C@H](Cc1ccccc1)NC(=O)c1cn2cc(Br)ccc2n1. The number of nitrogens with one attached hydrogen (secondary N) is 4. The summed E-state index contributed by atoms with van der Waals surface area (Å²) in [4.78, 5) is 69.6. The molecule has 4 rings (SSSR count). The molecule has 0 radical (unpaired) electrons. The van der Waals surface area contributed by atoms with E-state index in [1.54, 1.807) is 49.7 Å². The van der Waals surface area contributed by atoms with Crippen LogP contribution in [0.1, 0.15) is 49.7 Å².